The molecule has 0 fully saturated rings. The molecule has 0 aliphatic heterocycles. The van der Waals surface area contributed by atoms with Gasteiger partial charge >= 0.3 is 5.97 Å². The molecule has 0 aliphatic carbocycles. The largest absolute Gasteiger partial charge is 0.462 e. The molecule has 0 unspecified atom stereocenters. The van der Waals surface area contributed by atoms with Gasteiger partial charge in [0.25, 0.3) is 0 Å². The van der Waals surface area contributed by atoms with Crippen molar-refractivity contribution in [1.29, 1.82) is 0 Å². The Balaban J connectivity index is 2.14. The van der Waals surface area contributed by atoms with Gasteiger partial charge in [0.15, 0.2) is 8.32 Å². The van der Waals surface area contributed by atoms with Crippen LogP contribution in [0.4, 0.5) is 0 Å². The summed E-state index contributed by atoms with van der Waals surface area (Å²) in [7, 11) is -2.12. The van der Waals surface area contributed by atoms with E-state index in [9.17, 15) is 9.90 Å². The van der Waals surface area contributed by atoms with E-state index in [1.54, 1.807) is 12.1 Å². The van der Waals surface area contributed by atoms with Crippen LogP contribution < -0.4 is 0 Å². The number of hydrogen-bond acceptors (Lipinski definition) is 5. The summed E-state index contributed by atoms with van der Waals surface area (Å²) in [6.45, 7) is 12.2. The average molecular weight is 552 g/mol. The van der Waals surface area contributed by atoms with Crippen molar-refractivity contribution >= 4 is 30.2 Å². The first-order valence-corrected chi connectivity index (χ1v) is 15.6. The molecule has 0 radical (unpaired) electrons. The third-order valence-electron chi connectivity index (χ3n) is 6.41. The summed E-state index contributed by atoms with van der Waals surface area (Å²) in [4.78, 5) is 12.6. The van der Waals surface area contributed by atoms with Crippen LogP contribution in [-0.4, -0.2) is 45.3 Å². The maximum atomic E-state index is 12.6. The molecule has 1 N–H and O–H groups in total. The van der Waals surface area contributed by atoms with Gasteiger partial charge in [0.05, 0.1) is 31.5 Å². The van der Waals surface area contributed by atoms with Crippen LogP contribution in [0.1, 0.15) is 49.5 Å². The number of rotatable bonds is 13. The number of carbonyl (C=O) groups excluding carboxylic acids is 1. The number of aliphatic hydroxyl groups is 1. The molecule has 188 valence electrons. The van der Waals surface area contributed by atoms with Gasteiger partial charge in [0.2, 0.25) is 0 Å². The van der Waals surface area contributed by atoms with Crippen LogP contribution in [0, 0.1) is 5.92 Å². The highest BCUT2D eigenvalue weighted by molar-refractivity contribution is 9.10. The molecule has 0 saturated carbocycles. The van der Waals surface area contributed by atoms with Gasteiger partial charge in [0, 0.05) is 17.0 Å². The van der Waals surface area contributed by atoms with Crippen molar-refractivity contribution < 1.29 is 23.8 Å². The fourth-order valence-corrected chi connectivity index (χ4v) is 4.90. The van der Waals surface area contributed by atoms with E-state index in [0.29, 0.717) is 31.6 Å². The Labute approximate surface area is 214 Å². The second-order valence-electron chi connectivity index (χ2n) is 10.1. The monoisotopic (exact) mass is 550 g/mol. The standard InChI is InChI=1S/C27H39BrO5Si/c1-27(2,3)34(4,5)33-25(20-31-18-21-13-15-24(28)16-14-21)23(12-9-17-29)19-32-26(30)22-10-7-6-8-11-22/h6-8,10-11,13-16,23,25,29H,9,12,17-20H2,1-5H3/t23-,25-/m1/s1. The highest BCUT2D eigenvalue weighted by atomic mass is 79.9. The molecule has 5 nitrogen and oxygen atoms in total. The zero-order chi connectivity index (χ0) is 25.2. The van der Waals surface area contributed by atoms with Crippen molar-refractivity contribution in [3.05, 3.63) is 70.2 Å². The van der Waals surface area contributed by atoms with Crippen molar-refractivity contribution in [2.24, 2.45) is 5.92 Å². The Hall–Kier alpha value is -1.51. The van der Waals surface area contributed by atoms with E-state index in [2.05, 4.69) is 49.8 Å². The van der Waals surface area contributed by atoms with Gasteiger partial charge in [-0.1, -0.05) is 67.0 Å². The van der Waals surface area contributed by atoms with Crippen LogP contribution in [0.5, 0.6) is 0 Å². The van der Waals surface area contributed by atoms with Gasteiger partial charge in [-0.3, -0.25) is 0 Å². The molecule has 2 rings (SSSR count). The van der Waals surface area contributed by atoms with E-state index in [0.717, 1.165) is 10.0 Å². The molecule has 34 heavy (non-hydrogen) atoms. The van der Waals surface area contributed by atoms with Gasteiger partial charge in [-0.25, -0.2) is 4.79 Å². The molecule has 0 heterocycles. The summed E-state index contributed by atoms with van der Waals surface area (Å²) in [5.74, 6) is -0.435. The van der Waals surface area contributed by atoms with Crippen molar-refractivity contribution in [1.82, 2.24) is 0 Å². The minimum Gasteiger partial charge on any atom is -0.462 e. The quantitative estimate of drug-likeness (QED) is 0.224. The van der Waals surface area contributed by atoms with Crippen LogP contribution in [0.15, 0.2) is 59.1 Å². The summed E-state index contributed by atoms with van der Waals surface area (Å²) in [5, 5.41) is 9.51. The lowest BCUT2D eigenvalue weighted by atomic mass is 9.98. The Morgan fingerprint density at radius 2 is 1.68 bits per heavy atom. The van der Waals surface area contributed by atoms with Crippen LogP contribution in [-0.2, 0) is 20.5 Å². The second kappa shape index (κ2) is 13.5. The number of hydrogen-bond donors (Lipinski definition) is 1. The predicted octanol–water partition coefficient (Wildman–Crippen LogP) is 6.60. The maximum Gasteiger partial charge on any atom is 0.338 e. The summed E-state index contributed by atoms with van der Waals surface area (Å²) in [6, 6.07) is 17.0. The summed E-state index contributed by atoms with van der Waals surface area (Å²) in [5.41, 5.74) is 1.61. The van der Waals surface area contributed by atoms with E-state index >= 15 is 0 Å². The smallest absolute Gasteiger partial charge is 0.338 e. The van der Waals surface area contributed by atoms with Crippen molar-refractivity contribution in [3.63, 3.8) is 0 Å². The number of carbonyl (C=O) groups is 1. The highest BCUT2D eigenvalue weighted by Gasteiger charge is 2.41. The molecular formula is C27H39BrO5Si. The van der Waals surface area contributed by atoms with Gasteiger partial charge < -0.3 is 19.0 Å². The van der Waals surface area contributed by atoms with E-state index < -0.39 is 8.32 Å². The zero-order valence-electron chi connectivity index (χ0n) is 21.1. The number of ether oxygens (including phenoxy) is 2. The van der Waals surface area contributed by atoms with E-state index in [1.165, 1.54) is 0 Å². The van der Waals surface area contributed by atoms with Crippen LogP contribution in [0.2, 0.25) is 18.1 Å². The number of aliphatic hydroxyl groups excluding tert-OH is 1. The maximum absolute atomic E-state index is 12.6. The fraction of sp³-hybridized carbons (Fsp3) is 0.519. The SMILES string of the molecule is CC(C)(C)[Si](C)(C)O[C@H](COCc1ccc(Br)cc1)[C@H](CCCO)COC(=O)c1ccccc1. The zero-order valence-corrected chi connectivity index (χ0v) is 23.6. The second-order valence-corrected chi connectivity index (χ2v) is 15.8. The molecule has 0 spiro atoms. The van der Waals surface area contributed by atoms with Gasteiger partial charge in [0.1, 0.15) is 0 Å². The number of esters is 1. The lowest BCUT2D eigenvalue weighted by molar-refractivity contribution is -0.0206. The van der Waals surface area contributed by atoms with Gasteiger partial charge in [-0.2, -0.15) is 0 Å². The van der Waals surface area contributed by atoms with Crippen molar-refractivity contribution in [3.8, 4) is 0 Å². The minimum absolute atomic E-state index is 0.0270. The lowest BCUT2D eigenvalue weighted by Crippen LogP contribution is -2.48. The number of halogens is 1. The van der Waals surface area contributed by atoms with Gasteiger partial charge in [-0.15, -0.1) is 0 Å². The first-order valence-electron chi connectivity index (χ1n) is 11.9. The topological polar surface area (TPSA) is 65.0 Å². The molecule has 0 aliphatic rings. The average Bonchev–Trinajstić information content (AvgIpc) is 2.79. The van der Waals surface area contributed by atoms with Crippen molar-refractivity contribution in [2.45, 2.75) is 64.5 Å². The Morgan fingerprint density at radius 1 is 1.03 bits per heavy atom. The first-order chi connectivity index (χ1) is 16.0. The molecule has 0 aromatic heterocycles. The van der Waals surface area contributed by atoms with E-state index in [1.807, 2.05) is 42.5 Å². The van der Waals surface area contributed by atoms with Crippen LogP contribution >= 0.6 is 15.9 Å². The summed E-state index contributed by atoms with van der Waals surface area (Å²) in [6.07, 6.45) is 1.04. The fourth-order valence-electron chi connectivity index (χ4n) is 3.27. The van der Waals surface area contributed by atoms with E-state index in [-0.39, 0.29) is 36.2 Å². The molecule has 0 amide bonds. The minimum atomic E-state index is -2.12. The predicted molar refractivity (Wildman–Crippen MR) is 142 cm³/mol. The molecule has 0 bridgehead atoms. The summed E-state index contributed by atoms with van der Waals surface area (Å²) < 4.78 is 19.6. The first kappa shape index (κ1) is 28.7. The Bertz CT molecular complexity index is 865. The third kappa shape index (κ3) is 9.27. The van der Waals surface area contributed by atoms with E-state index in [4.69, 9.17) is 13.9 Å². The molecule has 2 aromatic carbocycles. The molecule has 2 aromatic rings. The molecule has 7 heteroatoms. The number of benzene rings is 2. The molecule has 2 atom stereocenters. The van der Waals surface area contributed by atoms with Gasteiger partial charge in [-0.05, 0) is 60.8 Å². The highest BCUT2D eigenvalue weighted by Crippen LogP contribution is 2.38. The normalized spacial score (nSPS) is 14.0. The van der Waals surface area contributed by atoms with Crippen molar-refractivity contribution in [2.75, 3.05) is 19.8 Å². The molecule has 0 saturated heterocycles. The lowest BCUT2D eigenvalue weighted by Gasteiger charge is -2.41. The van der Waals surface area contributed by atoms with Crippen LogP contribution in [0.25, 0.3) is 0 Å². The Kier molecular flexibility index (Phi) is 11.4. The molecular weight excluding hydrogens is 512 g/mol. The Morgan fingerprint density at radius 3 is 2.26 bits per heavy atom. The third-order valence-corrected chi connectivity index (χ3v) is 11.4. The van der Waals surface area contributed by atoms with Crippen LogP contribution in [0.3, 0.4) is 0 Å². The summed E-state index contributed by atoms with van der Waals surface area (Å²) >= 11 is 3.46.